The van der Waals surface area contributed by atoms with Gasteiger partial charge < -0.3 is 5.32 Å². The number of rotatable bonds is 4. The molecule has 0 aliphatic heterocycles. The standard InChI is InChI=1S/C16H15NO2/c1-12-7-9-13(10-8-12)15(18)11-16(19)17-14-5-3-2-4-6-14/h2-10H,11H2,1H3,(H,17,19). The molecule has 3 heteroatoms. The van der Waals surface area contributed by atoms with Gasteiger partial charge in [-0.05, 0) is 19.1 Å². The van der Waals surface area contributed by atoms with E-state index in [4.69, 9.17) is 0 Å². The Kier molecular flexibility index (Phi) is 4.08. The van der Waals surface area contributed by atoms with Gasteiger partial charge in [-0.3, -0.25) is 9.59 Å². The van der Waals surface area contributed by atoms with Crippen molar-refractivity contribution in [1.82, 2.24) is 0 Å². The van der Waals surface area contributed by atoms with Gasteiger partial charge in [0.2, 0.25) is 5.91 Å². The van der Waals surface area contributed by atoms with Gasteiger partial charge in [0.25, 0.3) is 0 Å². The molecule has 0 bridgehead atoms. The number of ketones is 1. The zero-order valence-corrected chi connectivity index (χ0v) is 10.7. The van der Waals surface area contributed by atoms with E-state index in [9.17, 15) is 9.59 Å². The van der Waals surface area contributed by atoms with E-state index in [1.54, 1.807) is 24.3 Å². The van der Waals surface area contributed by atoms with Crippen LogP contribution in [0.5, 0.6) is 0 Å². The lowest BCUT2D eigenvalue weighted by molar-refractivity contribution is -0.115. The van der Waals surface area contributed by atoms with Crippen molar-refractivity contribution >= 4 is 17.4 Å². The predicted octanol–water partition coefficient (Wildman–Crippen LogP) is 3.21. The minimum atomic E-state index is -0.295. The minimum Gasteiger partial charge on any atom is -0.326 e. The van der Waals surface area contributed by atoms with Crippen LogP contribution in [0.4, 0.5) is 5.69 Å². The van der Waals surface area contributed by atoms with Crippen LogP contribution in [0.3, 0.4) is 0 Å². The molecule has 0 radical (unpaired) electrons. The van der Waals surface area contributed by atoms with Crippen LogP contribution >= 0.6 is 0 Å². The lowest BCUT2D eigenvalue weighted by atomic mass is 10.1. The number of anilines is 1. The molecule has 2 aromatic carbocycles. The fraction of sp³-hybridized carbons (Fsp3) is 0.125. The Morgan fingerprint density at radius 1 is 0.947 bits per heavy atom. The van der Waals surface area contributed by atoms with E-state index >= 15 is 0 Å². The summed E-state index contributed by atoms with van der Waals surface area (Å²) in [5.74, 6) is -0.467. The van der Waals surface area contributed by atoms with Gasteiger partial charge in [-0.15, -0.1) is 0 Å². The minimum absolute atomic E-state index is 0.141. The summed E-state index contributed by atoms with van der Waals surface area (Å²) >= 11 is 0. The van der Waals surface area contributed by atoms with Gasteiger partial charge in [-0.25, -0.2) is 0 Å². The van der Waals surface area contributed by atoms with Crippen molar-refractivity contribution in [3.8, 4) is 0 Å². The van der Waals surface area contributed by atoms with Gasteiger partial charge in [0.15, 0.2) is 5.78 Å². The number of Topliss-reactive ketones (excluding diaryl/α,β-unsaturated/α-hetero) is 1. The van der Waals surface area contributed by atoms with Crippen molar-refractivity contribution in [1.29, 1.82) is 0 Å². The lowest BCUT2D eigenvalue weighted by Crippen LogP contribution is -2.16. The molecule has 0 unspecified atom stereocenters. The zero-order chi connectivity index (χ0) is 13.7. The first-order chi connectivity index (χ1) is 9.15. The van der Waals surface area contributed by atoms with Crippen molar-refractivity contribution in [2.75, 3.05) is 5.32 Å². The number of benzene rings is 2. The molecule has 0 spiro atoms. The van der Waals surface area contributed by atoms with Gasteiger partial charge in [0.05, 0.1) is 6.42 Å². The summed E-state index contributed by atoms with van der Waals surface area (Å²) in [5.41, 5.74) is 2.35. The van der Waals surface area contributed by atoms with Gasteiger partial charge >= 0.3 is 0 Å². The summed E-state index contributed by atoms with van der Waals surface area (Å²) in [6.07, 6.45) is -0.141. The number of nitrogens with one attached hydrogen (secondary N) is 1. The molecule has 19 heavy (non-hydrogen) atoms. The number of hydrogen-bond donors (Lipinski definition) is 1. The zero-order valence-electron chi connectivity index (χ0n) is 10.7. The Labute approximate surface area is 112 Å². The number of amides is 1. The smallest absolute Gasteiger partial charge is 0.232 e. The number of hydrogen-bond acceptors (Lipinski definition) is 2. The molecule has 2 aromatic rings. The van der Waals surface area contributed by atoms with Crippen LogP contribution in [0, 0.1) is 6.92 Å². The molecular weight excluding hydrogens is 238 g/mol. The number of carbonyl (C=O) groups is 2. The lowest BCUT2D eigenvalue weighted by Gasteiger charge is -2.04. The number of carbonyl (C=O) groups excluding carboxylic acids is 2. The Bertz CT molecular complexity index is 573. The van der Waals surface area contributed by atoms with E-state index in [0.29, 0.717) is 11.3 Å². The van der Waals surface area contributed by atoms with E-state index in [1.807, 2.05) is 37.3 Å². The Hall–Kier alpha value is -2.42. The highest BCUT2D eigenvalue weighted by Gasteiger charge is 2.11. The molecule has 2 rings (SSSR count). The average Bonchev–Trinajstić information content (AvgIpc) is 2.40. The second-order valence-electron chi connectivity index (χ2n) is 4.38. The third-order valence-corrected chi connectivity index (χ3v) is 2.75. The van der Waals surface area contributed by atoms with E-state index in [1.165, 1.54) is 0 Å². The summed E-state index contributed by atoms with van der Waals surface area (Å²) in [5, 5.41) is 2.69. The normalized spacial score (nSPS) is 9.95. The first-order valence-corrected chi connectivity index (χ1v) is 6.10. The summed E-state index contributed by atoms with van der Waals surface area (Å²) in [6, 6.07) is 16.3. The summed E-state index contributed by atoms with van der Waals surface area (Å²) in [6.45, 7) is 1.95. The van der Waals surface area contributed by atoms with Crippen LogP contribution in [0.25, 0.3) is 0 Å². The van der Waals surface area contributed by atoms with Crippen molar-refractivity contribution < 1.29 is 9.59 Å². The van der Waals surface area contributed by atoms with E-state index in [2.05, 4.69) is 5.32 Å². The topological polar surface area (TPSA) is 46.2 Å². The van der Waals surface area contributed by atoms with Crippen molar-refractivity contribution in [2.24, 2.45) is 0 Å². The van der Waals surface area contributed by atoms with Gasteiger partial charge in [0, 0.05) is 11.3 Å². The highest BCUT2D eigenvalue weighted by Crippen LogP contribution is 2.09. The highest BCUT2D eigenvalue weighted by atomic mass is 16.2. The maximum Gasteiger partial charge on any atom is 0.232 e. The van der Waals surface area contributed by atoms with Gasteiger partial charge in [0.1, 0.15) is 0 Å². The highest BCUT2D eigenvalue weighted by molar-refractivity contribution is 6.10. The third kappa shape index (κ3) is 3.78. The molecule has 0 saturated heterocycles. The van der Waals surface area contributed by atoms with Gasteiger partial charge in [-0.1, -0.05) is 48.0 Å². The molecule has 0 fully saturated rings. The van der Waals surface area contributed by atoms with Crippen LogP contribution in [0.15, 0.2) is 54.6 Å². The van der Waals surface area contributed by atoms with Crippen LogP contribution in [-0.2, 0) is 4.79 Å². The molecule has 0 aliphatic carbocycles. The maximum absolute atomic E-state index is 11.9. The van der Waals surface area contributed by atoms with Crippen molar-refractivity contribution in [2.45, 2.75) is 13.3 Å². The van der Waals surface area contributed by atoms with Crippen LogP contribution in [0.2, 0.25) is 0 Å². The fourth-order valence-corrected chi connectivity index (χ4v) is 1.71. The second kappa shape index (κ2) is 5.96. The van der Waals surface area contributed by atoms with E-state index in [-0.39, 0.29) is 18.1 Å². The number of aryl methyl sites for hydroxylation is 1. The molecule has 0 atom stereocenters. The summed E-state index contributed by atoms with van der Waals surface area (Å²) in [7, 11) is 0. The molecule has 96 valence electrons. The molecule has 0 aromatic heterocycles. The van der Waals surface area contributed by atoms with E-state index in [0.717, 1.165) is 5.56 Å². The first kappa shape index (κ1) is 13.0. The Balaban J connectivity index is 1.95. The molecule has 0 saturated carbocycles. The first-order valence-electron chi connectivity index (χ1n) is 6.10. The van der Waals surface area contributed by atoms with Crippen molar-refractivity contribution in [3.05, 3.63) is 65.7 Å². The van der Waals surface area contributed by atoms with Crippen LogP contribution < -0.4 is 5.32 Å². The number of para-hydroxylation sites is 1. The largest absolute Gasteiger partial charge is 0.326 e. The third-order valence-electron chi connectivity index (χ3n) is 2.75. The monoisotopic (exact) mass is 253 g/mol. The SMILES string of the molecule is Cc1ccc(C(=O)CC(=O)Nc2ccccc2)cc1. The molecule has 1 amide bonds. The predicted molar refractivity (Wildman–Crippen MR) is 75.2 cm³/mol. The molecule has 3 nitrogen and oxygen atoms in total. The van der Waals surface area contributed by atoms with Gasteiger partial charge in [-0.2, -0.15) is 0 Å². The van der Waals surface area contributed by atoms with Crippen LogP contribution in [-0.4, -0.2) is 11.7 Å². The Morgan fingerprint density at radius 2 is 1.58 bits per heavy atom. The van der Waals surface area contributed by atoms with E-state index < -0.39 is 0 Å². The summed E-state index contributed by atoms with van der Waals surface area (Å²) < 4.78 is 0. The van der Waals surface area contributed by atoms with Crippen molar-refractivity contribution in [3.63, 3.8) is 0 Å². The Morgan fingerprint density at radius 3 is 2.21 bits per heavy atom. The molecule has 0 heterocycles. The van der Waals surface area contributed by atoms with Crippen LogP contribution in [0.1, 0.15) is 22.3 Å². The second-order valence-corrected chi connectivity index (χ2v) is 4.38. The fourth-order valence-electron chi connectivity index (χ4n) is 1.71. The molecule has 1 N–H and O–H groups in total. The average molecular weight is 253 g/mol. The summed E-state index contributed by atoms with van der Waals surface area (Å²) in [4.78, 5) is 23.6. The molecular formula is C16H15NO2. The quantitative estimate of drug-likeness (QED) is 0.671. The maximum atomic E-state index is 11.9. The molecule has 0 aliphatic rings.